The molecule has 152 valence electrons. The summed E-state index contributed by atoms with van der Waals surface area (Å²) in [6, 6.07) is 17.9. The van der Waals surface area contributed by atoms with Gasteiger partial charge in [-0.05, 0) is 69.3 Å². The van der Waals surface area contributed by atoms with Gasteiger partial charge >= 0.3 is 0 Å². The highest BCUT2D eigenvalue weighted by Gasteiger charge is 2.09. The summed E-state index contributed by atoms with van der Waals surface area (Å²) < 4.78 is 0. The van der Waals surface area contributed by atoms with Crippen molar-refractivity contribution in [2.45, 2.75) is 20.8 Å². The van der Waals surface area contributed by atoms with Gasteiger partial charge in [0.05, 0.1) is 11.6 Å². The number of rotatable bonds is 7. The maximum atomic E-state index is 12.4. The van der Waals surface area contributed by atoms with Crippen molar-refractivity contribution < 1.29 is 4.79 Å². The van der Waals surface area contributed by atoms with Gasteiger partial charge in [0.25, 0.3) is 5.91 Å². The number of aromatic nitrogens is 2. The van der Waals surface area contributed by atoms with Crippen LogP contribution in [0, 0.1) is 18.3 Å². The highest BCUT2D eigenvalue weighted by atomic mass is 16.1. The van der Waals surface area contributed by atoms with Crippen molar-refractivity contribution in [2.24, 2.45) is 0 Å². The van der Waals surface area contributed by atoms with Gasteiger partial charge in [-0.25, -0.2) is 4.98 Å². The molecule has 0 spiro atoms. The molecule has 3 aromatic rings. The Bertz CT molecular complexity index is 1050. The molecule has 2 aromatic carbocycles. The zero-order valence-corrected chi connectivity index (χ0v) is 17.3. The molecule has 7 nitrogen and oxygen atoms in total. The van der Waals surface area contributed by atoms with Crippen molar-refractivity contribution >= 4 is 29.0 Å². The minimum atomic E-state index is -0.230. The second kappa shape index (κ2) is 9.52. The first-order valence-corrected chi connectivity index (χ1v) is 9.81. The van der Waals surface area contributed by atoms with Gasteiger partial charge in [0.1, 0.15) is 5.82 Å². The number of nitrogens with one attached hydrogen (secondary N) is 2. The van der Waals surface area contributed by atoms with Crippen LogP contribution < -0.4 is 15.5 Å². The van der Waals surface area contributed by atoms with Gasteiger partial charge in [-0.15, -0.1) is 0 Å². The summed E-state index contributed by atoms with van der Waals surface area (Å²) in [5.74, 6) is 1.19. The molecule has 3 rings (SSSR count). The lowest BCUT2D eigenvalue weighted by molar-refractivity contribution is 0.102. The van der Waals surface area contributed by atoms with Gasteiger partial charge in [0.2, 0.25) is 5.95 Å². The van der Waals surface area contributed by atoms with E-state index in [1.165, 1.54) is 0 Å². The second-order valence-corrected chi connectivity index (χ2v) is 6.71. The Morgan fingerprint density at radius 3 is 2.23 bits per heavy atom. The summed E-state index contributed by atoms with van der Waals surface area (Å²) in [6.45, 7) is 7.89. The summed E-state index contributed by atoms with van der Waals surface area (Å²) in [4.78, 5) is 23.6. The third-order valence-corrected chi connectivity index (χ3v) is 4.60. The number of anilines is 4. The van der Waals surface area contributed by atoms with E-state index in [9.17, 15) is 4.79 Å². The fourth-order valence-electron chi connectivity index (χ4n) is 2.98. The molecule has 1 amide bonds. The van der Waals surface area contributed by atoms with Gasteiger partial charge < -0.3 is 15.5 Å². The number of hydrogen-bond acceptors (Lipinski definition) is 6. The fraction of sp³-hybridized carbons (Fsp3) is 0.217. The Morgan fingerprint density at radius 1 is 1.00 bits per heavy atom. The third kappa shape index (κ3) is 5.11. The zero-order chi connectivity index (χ0) is 21.5. The van der Waals surface area contributed by atoms with Crippen LogP contribution in [0.25, 0.3) is 0 Å². The van der Waals surface area contributed by atoms with Crippen LogP contribution in [0.3, 0.4) is 0 Å². The van der Waals surface area contributed by atoms with Crippen LogP contribution in [0.5, 0.6) is 0 Å². The van der Waals surface area contributed by atoms with E-state index in [-0.39, 0.29) is 5.91 Å². The van der Waals surface area contributed by atoms with E-state index in [0.717, 1.165) is 30.3 Å². The molecule has 1 heterocycles. The molecule has 0 aliphatic heterocycles. The Labute approximate surface area is 176 Å². The third-order valence-electron chi connectivity index (χ3n) is 4.60. The van der Waals surface area contributed by atoms with Crippen molar-refractivity contribution in [2.75, 3.05) is 28.6 Å². The topological polar surface area (TPSA) is 93.9 Å². The van der Waals surface area contributed by atoms with Crippen LogP contribution >= 0.6 is 0 Å². The molecule has 0 bridgehead atoms. The monoisotopic (exact) mass is 400 g/mol. The summed E-state index contributed by atoms with van der Waals surface area (Å²) in [5.41, 5.74) is 3.39. The van der Waals surface area contributed by atoms with E-state index in [0.29, 0.717) is 22.8 Å². The Hall–Kier alpha value is -3.92. The lowest BCUT2D eigenvalue weighted by atomic mass is 10.1. The molecule has 0 aliphatic rings. The normalized spacial score (nSPS) is 10.2. The molecule has 0 unspecified atom stereocenters. The first-order valence-electron chi connectivity index (χ1n) is 9.81. The Kier molecular flexibility index (Phi) is 6.60. The lowest BCUT2D eigenvalue weighted by Crippen LogP contribution is -2.23. The molecular formula is C23H24N6O. The van der Waals surface area contributed by atoms with Gasteiger partial charge in [0.15, 0.2) is 0 Å². The zero-order valence-electron chi connectivity index (χ0n) is 17.3. The summed E-state index contributed by atoms with van der Waals surface area (Å²) in [7, 11) is 0. The lowest BCUT2D eigenvalue weighted by Gasteiger charge is -2.20. The molecule has 0 fully saturated rings. The number of hydrogen-bond donors (Lipinski definition) is 2. The number of carbonyl (C=O) groups excluding carboxylic acids is 1. The maximum absolute atomic E-state index is 12.4. The molecule has 7 heteroatoms. The number of amides is 1. The van der Waals surface area contributed by atoms with Crippen LogP contribution in [0.15, 0.2) is 54.6 Å². The Morgan fingerprint density at radius 2 is 1.63 bits per heavy atom. The fourth-order valence-corrected chi connectivity index (χ4v) is 2.98. The van der Waals surface area contributed by atoms with E-state index >= 15 is 0 Å². The second-order valence-electron chi connectivity index (χ2n) is 6.71. The molecule has 0 aliphatic carbocycles. The van der Waals surface area contributed by atoms with Crippen LogP contribution in [-0.2, 0) is 0 Å². The quantitative estimate of drug-likeness (QED) is 0.606. The van der Waals surface area contributed by atoms with E-state index in [1.54, 1.807) is 24.3 Å². The molecular weight excluding hydrogens is 376 g/mol. The van der Waals surface area contributed by atoms with Gasteiger partial charge in [0, 0.05) is 41.8 Å². The number of aryl methyl sites for hydroxylation is 1. The number of nitrogens with zero attached hydrogens (tertiary/aromatic N) is 4. The van der Waals surface area contributed by atoms with Gasteiger partial charge in [-0.2, -0.15) is 10.2 Å². The van der Waals surface area contributed by atoms with E-state index in [1.807, 2.05) is 43.3 Å². The van der Waals surface area contributed by atoms with Gasteiger partial charge in [-0.1, -0.05) is 0 Å². The van der Waals surface area contributed by atoms with Crippen molar-refractivity contribution in [1.29, 1.82) is 5.26 Å². The van der Waals surface area contributed by atoms with E-state index < -0.39 is 0 Å². The first-order chi connectivity index (χ1) is 14.5. The number of nitriles is 1. The average molecular weight is 400 g/mol. The predicted molar refractivity (Wildman–Crippen MR) is 119 cm³/mol. The predicted octanol–water partition coefficient (Wildman–Crippen LogP) is 4.50. The van der Waals surface area contributed by atoms with Crippen molar-refractivity contribution in [3.05, 3.63) is 71.4 Å². The van der Waals surface area contributed by atoms with Crippen molar-refractivity contribution in [3.63, 3.8) is 0 Å². The van der Waals surface area contributed by atoms with Crippen molar-refractivity contribution in [1.82, 2.24) is 9.97 Å². The largest absolute Gasteiger partial charge is 0.357 e. The van der Waals surface area contributed by atoms with E-state index in [4.69, 9.17) is 5.26 Å². The minimum Gasteiger partial charge on any atom is -0.357 e. The molecule has 2 N–H and O–H groups in total. The summed E-state index contributed by atoms with van der Waals surface area (Å²) in [5, 5.41) is 14.9. The molecule has 30 heavy (non-hydrogen) atoms. The maximum Gasteiger partial charge on any atom is 0.255 e. The van der Waals surface area contributed by atoms with Crippen molar-refractivity contribution in [3.8, 4) is 6.07 Å². The molecule has 0 saturated carbocycles. The smallest absolute Gasteiger partial charge is 0.255 e. The number of benzene rings is 2. The molecule has 0 radical (unpaired) electrons. The molecule has 0 saturated heterocycles. The standard InChI is InChI=1S/C23H24N6O/c1-4-29(5-2)21-14-16(3)25-23(28-21)27-20-12-10-19(11-13-20)26-22(30)18-8-6-17(15-24)7-9-18/h6-14H,4-5H2,1-3H3,(H,26,30)(H,25,27,28). The number of carbonyl (C=O) groups is 1. The van der Waals surface area contributed by atoms with Crippen LogP contribution in [0.4, 0.5) is 23.1 Å². The molecule has 0 atom stereocenters. The Balaban J connectivity index is 1.68. The van der Waals surface area contributed by atoms with Crippen LogP contribution in [0.1, 0.15) is 35.5 Å². The first kappa shape index (κ1) is 20.8. The summed E-state index contributed by atoms with van der Waals surface area (Å²) in [6.07, 6.45) is 0. The van der Waals surface area contributed by atoms with Crippen LogP contribution in [0.2, 0.25) is 0 Å². The van der Waals surface area contributed by atoms with E-state index in [2.05, 4.69) is 39.3 Å². The highest BCUT2D eigenvalue weighted by molar-refractivity contribution is 6.04. The minimum absolute atomic E-state index is 0.230. The summed E-state index contributed by atoms with van der Waals surface area (Å²) >= 11 is 0. The SMILES string of the molecule is CCN(CC)c1cc(C)nc(Nc2ccc(NC(=O)c3ccc(C#N)cc3)cc2)n1. The average Bonchev–Trinajstić information content (AvgIpc) is 2.75. The highest BCUT2D eigenvalue weighted by Crippen LogP contribution is 2.20. The van der Waals surface area contributed by atoms with Crippen LogP contribution in [-0.4, -0.2) is 29.0 Å². The van der Waals surface area contributed by atoms with Gasteiger partial charge in [-0.3, -0.25) is 4.79 Å². The molecule has 1 aromatic heterocycles.